The molecule has 2 heterocycles. The van der Waals surface area contributed by atoms with Crippen molar-refractivity contribution in [3.05, 3.63) is 96.1 Å². The zero-order valence-electron chi connectivity index (χ0n) is 17.5. The molecule has 3 aromatic carbocycles. The van der Waals surface area contributed by atoms with E-state index in [4.69, 9.17) is 9.84 Å². The van der Waals surface area contributed by atoms with Gasteiger partial charge < -0.3 is 10.1 Å². The number of hydrogen-bond acceptors (Lipinski definition) is 4. The highest BCUT2D eigenvalue weighted by Crippen LogP contribution is 2.48. The van der Waals surface area contributed by atoms with Crippen LogP contribution >= 0.6 is 11.8 Å². The predicted molar refractivity (Wildman–Crippen MR) is 129 cm³/mol. The standard InChI is InChI=1S/C26H25N3OS/c1-2-30-22-16-10-9-15-21(22)25-23-24(19-11-5-3-6-12-19)28-29(20-13-7-4-8-14-20)26(23)27-17-18-31-25/h3-16,25,27H,2,17-18H2,1H3/t25-/m0/s1. The molecular weight excluding hydrogens is 402 g/mol. The number of nitrogens with zero attached hydrogens (tertiary/aromatic N) is 2. The molecule has 4 aromatic rings. The summed E-state index contributed by atoms with van der Waals surface area (Å²) in [7, 11) is 0. The number of para-hydroxylation sites is 2. The fraction of sp³-hybridized carbons (Fsp3) is 0.192. The molecule has 0 radical (unpaired) electrons. The Morgan fingerprint density at radius 1 is 0.968 bits per heavy atom. The minimum atomic E-state index is 0.125. The quantitative estimate of drug-likeness (QED) is 0.412. The minimum absolute atomic E-state index is 0.125. The SMILES string of the molecule is CCOc1ccccc1[C@@H]1SCCNc2c1c(-c1ccccc1)nn2-c1ccccc1. The van der Waals surface area contributed by atoms with E-state index in [0.717, 1.165) is 40.8 Å². The summed E-state index contributed by atoms with van der Waals surface area (Å²) < 4.78 is 8.08. The van der Waals surface area contributed by atoms with Gasteiger partial charge in [-0.1, -0.05) is 66.7 Å². The molecule has 4 nitrogen and oxygen atoms in total. The monoisotopic (exact) mass is 427 g/mol. The first-order valence-corrected chi connectivity index (χ1v) is 11.7. The normalized spacial score (nSPS) is 15.6. The average Bonchev–Trinajstić information content (AvgIpc) is 3.07. The van der Waals surface area contributed by atoms with Crippen molar-refractivity contribution in [2.24, 2.45) is 0 Å². The van der Waals surface area contributed by atoms with Crippen molar-refractivity contribution in [1.29, 1.82) is 0 Å². The summed E-state index contributed by atoms with van der Waals surface area (Å²) in [6.45, 7) is 3.57. The van der Waals surface area contributed by atoms with Crippen molar-refractivity contribution in [3.8, 4) is 22.7 Å². The van der Waals surface area contributed by atoms with Crippen molar-refractivity contribution in [1.82, 2.24) is 9.78 Å². The van der Waals surface area contributed by atoms with Gasteiger partial charge in [-0.3, -0.25) is 0 Å². The van der Waals surface area contributed by atoms with Gasteiger partial charge in [-0.2, -0.15) is 5.10 Å². The van der Waals surface area contributed by atoms with Crippen LogP contribution < -0.4 is 10.1 Å². The van der Waals surface area contributed by atoms with Crippen LogP contribution in [-0.4, -0.2) is 28.7 Å². The number of aromatic nitrogens is 2. The number of benzene rings is 3. The molecule has 0 aliphatic carbocycles. The summed E-state index contributed by atoms with van der Waals surface area (Å²) >= 11 is 1.94. The maximum Gasteiger partial charge on any atom is 0.135 e. The first kappa shape index (κ1) is 19.8. The van der Waals surface area contributed by atoms with E-state index >= 15 is 0 Å². The van der Waals surface area contributed by atoms with Gasteiger partial charge in [-0.05, 0) is 25.1 Å². The van der Waals surface area contributed by atoms with Crippen molar-refractivity contribution in [3.63, 3.8) is 0 Å². The van der Waals surface area contributed by atoms with E-state index in [9.17, 15) is 0 Å². The van der Waals surface area contributed by atoms with E-state index in [0.29, 0.717) is 6.61 Å². The van der Waals surface area contributed by atoms with Gasteiger partial charge in [0.25, 0.3) is 0 Å². The Labute approximate surface area is 187 Å². The second-order valence-corrected chi connectivity index (χ2v) is 8.59. The Hall–Kier alpha value is -3.18. The Balaban J connectivity index is 1.76. The van der Waals surface area contributed by atoms with E-state index in [1.807, 2.05) is 36.9 Å². The highest BCUT2D eigenvalue weighted by molar-refractivity contribution is 7.99. The molecule has 1 N–H and O–H groups in total. The van der Waals surface area contributed by atoms with Gasteiger partial charge in [0.05, 0.1) is 23.2 Å². The lowest BCUT2D eigenvalue weighted by atomic mass is 9.99. The molecule has 156 valence electrons. The number of ether oxygens (including phenoxy) is 1. The number of thioether (sulfide) groups is 1. The van der Waals surface area contributed by atoms with E-state index < -0.39 is 0 Å². The molecule has 1 aliphatic heterocycles. The average molecular weight is 428 g/mol. The molecule has 1 atom stereocenters. The summed E-state index contributed by atoms with van der Waals surface area (Å²) in [6, 6.07) is 29.2. The van der Waals surface area contributed by atoms with E-state index in [1.54, 1.807) is 0 Å². The van der Waals surface area contributed by atoms with Crippen LogP contribution in [0.5, 0.6) is 5.75 Å². The van der Waals surface area contributed by atoms with Crippen LogP contribution in [0.3, 0.4) is 0 Å². The van der Waals surface area contributed by atoms with Crippen LogP contribution in [0.1, 0.15) is 23.3 Å². The lowest BCUT2D eigenvalue weighted by Crippen LogP contribution is -2.08. The van der Waals surface area contributed by atoms with Gasteiger partial charge in [-0.25, -0.2) is 4.68 Å². The molecule has 0 saturated carbocycles. The van der Waals surface area contributed by atoms with Crippen molar-refractivity contribution in [2.45, 2.75) is 12.2 Å². The topological polar surface area (TPSA) is 39.1 Å². The molecule has 0 saturated heterocycles. The Morgan fingerprint density at radius 2 is 1.68 bits per heavy atom. The number of nitrogens with one attached hydrogen (secondary N) is 1. The largest absolute Gasteiger partial charge is 0.494 e. The first-order chi connectivity index (χ1) is 15.4. The number of anilines is 1. The predicted octanol–water partition coefficient (Wildman–Crippen LogP) is 6.19. The lowest BCUT2D eigenvalue weighted by Gasteiger charge is -2.19. The highest BCUT2D eigenvalue weighted by Gasteiger charge is 2.31. The number of rotatable bonds is 5. The molecule has 0 fully saturated rings. The van der Waals surface area contributed by atoms with Crippen LogP contribution in [0.15, 0.2) is 84.9 Å². The molecule has 5 heteroatoms. The molecule has 0 unspecified atom stereocenters. The number of fused-ring (bicyclic) bond motifs is 1. The lowest BCUT2D eigenvalue weighted by molar-refractivity contribution is 0.337. The van der Waals surface area contributed by atoms with Crippen LogP contribution in [0.25, 0.3) is 16.9 Å². The molecular formula is C26H25N3OS. The third-order valence-corrected chi connectivity index (χ3v) is 6.68. The van der Waals surface area contributed by atoms with Crippen molar-refractivity contribution < 1.29 is 4.74 Å². The van der Waals surface area contributed by atoms with E-state index in [2.05, 4.69) is 76.7 Å². The van der Waals surface area contributed by atoms with Crippen LogP contribution in [0.4, 0.5) is 5.82 Å². The Kier molecular flexibility index (Phi) is 5.67. The summed E-state index contributed by atoms with van der Waals surface area (Å²) in [4.78, 5) is 0. The summed E-state index contributed by atoms with van der Waals surface area (Å²) in [5.41, 5.74) is 5.60. The Bertz CT molecular complexity index is 1160. The molecule has 31 heavy (non-hydrogen) atoms. The van der Waals surface area contributed by atoms with Gasteiger partial charge in [0.2, 0.25) is 0 Å². The molecule has 1 aromatic heterocycles. The van der Waals surface area contributed by atoms with Gasteiger partial charge in [0.1, 0.15) is 11.6 Å². The van der Waals surface area contributed by atoms with Gasteiger partial charge >= 0.3 is 0 Å². The van der Waals surface area contributed by atoms with Crippen molar-refractivity contribution in [2.75, 3.05) is 24.2 Å². The fourth-order valence-corrected chi connectivity index (χ4v) is 5.29. The fourth-order valence-electron chi connectivity index (χ4n) is 4.07. The molecule has 1 aliphatic rings. The third-order valence-electron chi connectivity index (χ3n) is 5.41. The van der Waals surface area contributed by atoms with E-state index in [1.165, 1.54) is 11.1 Å². The third kappa shape index (κ3) is 3.81. The second kappa shape index (κ2) is 8.90. The second-order valence-electron chi connectivity index (χ2n) is 7.37. The maximum atomic E-state index is 6.02. The Morgan fingerprint density at radius 3 is 2.45 bits per heavy atom. The molecule has 0 bridgehead atoms. The van der Waals surface area contributed by atoms with Crippen molar-refractivity contribution >= 4 is 17.6 Å². The van der Waals surface area contributed by atoms with Gasteiger partial charge in [0, 0.05) is 29.0 Å². The minimum Gasteiger partial charge on any atom is -0.494 e. The summed E-state index contributed by atoms with van der Waals surface area (Å²) in [5, 5.41) is 8.92. The number of hydrogen-bond donors (Lipinski definition) is 1. The van der Waals surface area contributed by atoms with Crippen LogP contribution in [0, 0.1) is 0 Å². The zero-order chi connectivity index (χ0) is 21.0. The highest BCUT2D eigenvalue weighted by atomic mass is 32.2. The maximum absolute atomic E-state index is 6.02. The van der Waals surface area contributed by atoms with Crippen LogP contribution in [0.2, 0.25) is 0 Å². The van der Waals surface area contributed by atoms with E-state index in [-0.39, 0.29) is 5.25 Å². The van der Waals surface area contributed by atoms with Gasteiger partial charge in [0.15, 0.2) is 0 Å². The smallest absolute Gasteiger partial charge is 0.135 e. The van der Waals surface area contributed by atoms with Gasteiger partial charge in [-0.15, -0.1) is 11.8 Å². The molecule has 5 rings (SSSR count). The first-order valence-electron chi connectivity index (χ1n) is 10.7. The summed E-state index contributed by atoms with van der Waals surface area (Å²) in [5.74, 6) is 3.01. The zero-order valence-corrected chi connectivity index (χ0v) is 18.3. The van der Waals surface area contributed by atoms with Crippen LogP contribution in [-0.2, 0) is 0 Å². The molecule has 0 amide bonds. The summed E-state index contributed by atoms with van der Waals surface area (Å²) in [6.07, 6.45) is 0. The molecule has 0 spiro atoms.